The summed E-state index contributed by atoms with van der Waals surface area (Å²) in [5.74, 6) is -0.823. The molecule has 0 aliphatic heterocycles. The van der Waals surface area contributed by atoms with Crippen LogP contribution in [-0.2, 0) is 6.42 Å². The first-order valence-electron chi connectivity index (χ1n) is 7.84. The van der Waals surface area contributed by atoms with Gasteiger partial charge in [-0.15, -0.1) is 10.2 Å². The minimum atomic E-state index is -2.46. The zero-order valence-electron chi connectivity index (χ0n) is 13.4. The molecule has 1 aliphatic carbocycles. The lowest BCUT2D eigenvalue weighted by Gasteiger charge is -2.10. The lowest BCUT2D eigenvalue weighted by molar-refractivity contribution is 0.0983. The molecule has 0 radical (unpaired) electrons. The van der Waals surface area contributed by atoms with Gasteiger partial charge in [0.25, 0.3) is 5.92 Å². The number of nitrogens with zero attached hydrogens (tertiary/aromatic N) is 3. The highest BCUT2D eigenvalue weighted by Crippen LogP contribution is 2.51. The number of hydrogen-bond acceptors (Lipinski definition) is 5. The number of thioether (sulfide) groups is 1. The van der Waals surface area contributed by atoms with Crippen molar-refractivity contribution in [2.24, 2.45) is 11.7 Å². The third kappa shape index (κ3) is 3.70. The summed E-state index contributed by atoms with van der Waals surface area (Å²) in [6.45, 7) is 0.466. The van der Waals surface area contributed by atoms with Gasteiger partial charge in [-0.05, 0) is 37.2 Å². The highest BCUT2D eigenvalue weighted by molar-refractivity contribution is 7.99. The third-order valence-corrected chi connectivity index (χ3v) is 5.01. The Hall–Kier alpha value is -1.67. The lowest BCUT2D eigenvalue weighted by atomic mass is 10.3. The highest BCUT2D eigenvalue weighted by Gasteiger charge is 2.55. The largest absolute Gasteiger partial charge is 0.497 e. The molecule has 0 saturated heterocycles. The zero-order chi connectivity index (χ0) is 17.2. The van der Waals surface area contributed by atoms with Crippen molar-refractivity contribution >= 4 is 11.8 Å². The van der Waals surface area contributed by atoms with Crippen LogP contribution in [0.4, 0.5) is 8.78 Å². The predicted octanol–water partition coefficient (Wildman–Crippen LogP) is 2.91. The molecule has 0 spiro atoms. The van der Waals surface area contributed by atoms with Gasteiger partial charge in [0.2, 0.25) is 0 Å². The van der Waals surface area contributed by atoms with E-state index in [1.165, 1.54) is 11.8 Å². The molecule has 8 heteroatoms. The minimum Gasteiger partial charge on any atom is -0.497 e. The predicted molar refractivity (Wildman–Crippen MR) is 89.1 cm³/mol. The van der Waals surface area contributed by atoms with Gasteiger partial charge in [0.1, 0.15) is 11.6 Å². The fourth-order valence-electron chi connectivity index (χ4n) is 2.55. The highest BCUT2D eigenvalue weighted by atomic mass is 32.2. The molecule has 0 bridgehead atoms. The Morgan fingerprint density at radius 1 is 1.33 bits per heavy atom. The minimum absolute atomic E-state index is 0.0111. The van der Waals surface area contributed by atoms with Crippen LogP contribution in [0.2, 0.25) is 0 Å². The molecule has 3 rings (SSSR count). The van der Waals surface area contributed by atoms with E-state index in [9.17, 15) is 8.78 Å². The molecule has 1 unspecified atom stereocenters. The van der Waals surface area contributed by atoms with Crippen LogP contribution < -0.4 is 10.5 Å². The van der Waals surface area contributed by atoms with Crippen molar-refractivity contribution in [3.63, 3.8) is 0 Å². The maximum absolute atomic E-state index is 13.0. The Kier molecular flexibility index (Phi) is 5.05. The molecule has 130 valence electrons. The van der Waals surface area contributed by atoms with Crippen LogP contribution in [0.1, 0.15) is 18.7 Å². The Morgan fingerprint density at radius 3 is 2.62 bits per heavy atom. The SMILES string of the molecule is COc1ccc(-n2c(CCN)nnc2SCCC2CC2(F)F)cc1. The van der Waals surface area contributed by atoms with Gasteiger partial charge in [-0.2, -0.15) is 0 Å². The van der Waals surface area contributed by atoms with Crippen LogP contribution in [0, 0.1) is 5.92 Å². The topological polar surface area (TPSA) is 66.0 Å². The molecule has 24 heavy (non-hydrogen) atoms. The molecule has 0 amide bonds. The average Bonchev–Trinajstić information content (AvgIpc) is 3.00. The molecule has 1 aliphatic rings. The molecular formula is C16H20F2N4OS. The smallest absolute Gasteiger partial charge is 0.251 e. The normalized spacial score (nSPS) is 18.6. The first kappa shape index (κ1) is 17.2. The monoisotopic (exact) mass is 354 g/mol. The number of aromatic nitrogens is 3. The Labute approximate surface area is 143 Å². The lowest BCUT2D eigenvalue weighted by Crippen LogP contribution is -2.09. The molecule has 1 heterocycles. The fraction of sp³-hybridized carbons (Fsp3) is 0.500. The first-order valence-corrected chi connectivity index (χ1v) is 8.83. The third-order valence-electron chi connectivity index (χ3n) is 4.05. The van der Waals surface area contributed by atoms with Crippen LogP contribution in [0.15, 0.2) is 29.4 Å². The van der Waals surface area contributed by atoms with Crippen molar-refractivity contribution in [1.82, 2.24) is 14.8 Å². The van der Waals surface area contributed by atoms with E-state index >= 15 is 0 Å². The molecule has 1 atom stereocenters. The summed E-state index contributed by atoms with van der Waals surface area (Å²) < 4.78 is 33.1. The molecule has 5 nitrogen and oxygen atoms in total. The summed E-state index contributed by atoms with van der Waals surface area (Å²) in [5.41, 5.74) is 6.56. The Balaban J connectivity index is 1.75. The first-order chi connectivity index (χ1) is 11.5. The summed E-state index contributed by atoms with van der Waals surface area (Å²) in [6, 6.07) is 7.56. The molecule has 1 aromatic heterocycles. The average molecular weight is 354 g/mol. The summed E-state index contributed by atoms with van der Waals surface area (Å²) >= 11 is 1.45. The molecule has 1 saturated carbocycles. The second kappa shape index (κ2) is 7.06. The van der Waals surface area contributed by atoms with E-state index in [0.717, 1.165) is 17.3 Å². The van der Waals surface area contributed by atoms with Gasteiger partial charge in [0, 0.05) is 30.2 Å². The number of alkyl halides is 2. The van der Waals surface area contributed by atoms with Gasteiger partial charge in [-0.1, -0.05) is 11.8 Å². The second-order valence-corrected chi connectivity index (χ2v) is 6.83. The van der Waals surface area contributed by atoms with Crippen LogP contribution in [0.5, 0.6) is 5.75 Å². The van der Waals surface area contributed by atoms with Crippen LogP contribution >= 0.6 is 11.8 Å². The maximum atomic E-state index is 13.0. The van der Waals surface area contributed by atoms with Gasteiger partial charge in [-0.3, -0.25) is 4.57 Å². The fourth-order valence-corrected chi connectivity index (χ4v) is 3.57. The molecule has 1 fully saturated rings. The molecule has 2 N–H and O–H groups in total. The molecule has 1 aromatic carbocycles. The summed E-state index contributed by atoms with van der Waals surface area (Å²) in [6.07, 6.45) is 1.09. The van der Waals surface area contributed by atoms with Gasteiger partial charge in [-0.25, -0.2) is 8.78 Å². The van der Waals surface area contributed by atoms with E-state index in [4.69, 9.17) is 10.5 Å². The number of hydrogen-bond donors (Lipinski definition) is 1. The summed E-state index contributed by atoms with van der Waals surface area (Å²) in [7, 11) is 1.61. The van der Waals surface area contributed by atoms with Crippen LogP contribution in [0.3, 0.4) is 0 Å². The van der Waals surface area contributed by atoms with E-state index in [2.05, 4.69) is 10.2 Å². The van der Waals surface area contributed by atoms with Crippen molar-refractivity contribution in [3.8, 4) is 11.4 Å². The number of ether oxygens (including phenoxy) is 1. The number of nitrogens with two attached hydrogens (primary N) is 1. The van der Waals surface area contributed by atoms with Gasteiger partial charge < -0.3 is 10.5 Å². The summed E-state index contributed by atoms with van der Waals surface area (Å²) in [4.78, 5) is 0. The second-order valence-electron chi connectivity index (χ2n) is 5.77. The van der Waals surface area contributed by atoms with Crippen molar-refractivity contribution in [3.05, 3.63) is 30.1 Å². The van der Waals surface area contributed by atoms with Crippen molar-refractivity contribution < 1.29 is 13.5 Å². The van der Waals surface area contributed by atoms with Gasteiger partial charge in [0.15, 0.2) is 5.16 Å². The Bertz CT molecular complexity index is 690. The molecule has 2 aromatic rings. The van der Waals surface area contributed by atoms with Crippen molar-refractivity contribution in [1.29, 1.82) is 0 Å². The zero-order valence-corrected chi connectivity index (χ0v) is 14.2. The van der Waals surface area contributed by atoms with Crippen molar-refractivity contribution in [2.45, 2.75) is 30.3 Å². The number of benzene rings is 1. The van der Waals surface area contributed by atoms with E-state index in [1.807, 2.05) is 28.8 Å². The molecular weight excluding hydrogens is 334 g/mol. The van der Waals surface area contributed by atoms with Gasteiger partial charge in [0.05, 0.1) is 7.11 Å². The quantitative estimate of drug-likeness (QED) is 0.739. The number of methoxy groups -OCH3 is 1. The maximum Gasteiger partial charge on any atom is 0.251 e. The number of halogens is 2. The van der Waals surface area contributed by atoms with E-state index in [0.29, 0.717) is 30.3 Å². The van der Waals surface area contributed by atoms with E-state index in [-0.39, 0.29) is 6.42 Å². The summed E-state index contributed by atoms with van der Waals surface area (Å²) in [5, 5.41) is 9.11. The van der Waals surface area contributed by atoms with Crippen LogP contribution in [0.25, 0.3) is 5.69 Å². The van der Waals surface area contributed by atoms with E-state index < -0.39 is 11.8 Å². The Morgan fingerprint density at radius 2 is 2.04 bits per heavy atom. The van der Waals surface area contributed by atoms with Gasteiger partial charge >= 0.3 is 0 Å². The van der Waals surface area contributed by atoms with Crippen molar-refractivity contribution in [2.75, 3.05) is 19.4 Å². The van der Waals surface area contributed by atoms with Crippen LogP contribution in [-0.4, -0.2) is 40.1 Å². The van der Waals surface area contributed by atoms with E-state index in [1.54, 1.807) is 7.11 Å². The standard InChI is InChI=1S/C16H20F2N4OS/c1-23-13-4-2-12(3-5-13)22-14(6-8-19)20-21-15(22)24-9-7-11-10-16(11,17)18/h2-5,11H,6-10,19H2,1H3. The number of rotatable bonds is 8.